The van der Waals surface area contributed by atoms with E-state index in [0.29, 0.717) is 0 Å². The molecule has 0 aromatic rings. The van der Waals surface area contributed by atoms with E-state index in [1.54, 1.807) is 0 Å². The van der Waals surface area contributed by atoms with Gasteiger partial charge in [-0.3, -0.25) is 19.4 Å². The molecule has 0 aromatic heterocycles. The Bertz CT molecular complexity index is 284. The summed E-state index contributed by atoms with van der Waals surface area (Å²) in [6, 6.07) is -0.435. The van der Waals surface area contributed by atoms with Gasteiger partial charge in [0.05, 0.1) is 0 Å². The predicted molar refractivity (Wildman–Crippen MR) is 66.6 cm³/mol. The van der Waals surface area contributed by atoms with Gasteiger partial charge in [-0.1, -0.05) is 0 Å². The van der Waals surface area contributed by atoms with Crippen molar-refractivity contribution < 1.29 is 39.3 Å². The van der Waals surface area contributed by atoms with Gasteiger partial charge in [0.25, 0.3) is 0 Å². The van der Waals surface area contributed by atoms with Crippen molar-refractivity contribution in [2.24, 2.45) is 0 Å². The van der Waals surface area contributed by atoms with Crippen molar-refractivity contribution in [3.8, 4) is 0 Å². The first-order valence-corrected chi connectivity index (χ1v) is 6.29. The van der Waals surface area contributed by atoms with Crippen LogP contribution in [0.15, 0.2) is 0 Å². The summed E-state index contributed by atoms with van der Waals surface area (Å²) < 4.78 is 0. The molecule has 2 saturated heterocycles. The summed E-state index contributed by atoms with van der Waals surface area (Å²) >= 11 is 0. The van der Waals surface area contributed by atoms with Gasteiger partial charge in [-0.2, -0.15) is 0 Å². The van der Waals surface area contributed by atoms with E-state index in [2.05, 4.69) is 0 Å². The number of carboxylic acid groups (broad SMARTS) is 2. The van der Waals surface area contributed by atoms with Crippen molar-refractivity contribution in [1.82, 2.24) is 9.80 Å². The van der Waals surface area contributed by atoms with E-state index in [4.69, 9.17) is 10.2 Å². The molecule has 19 heavy (non-hydrogen) atoms. The minimum absolute atomic E-state index is 0. The zero-order valence-electron chi connectivity index (χ0n) is 11.7. The van der Waals surface area contributed by atoms with E-state index >= 15 is 0 Å². The first-order chi connectivity index (χ1) is 8.43. The zero-order chi connectivity index (χ0) is 13.7. The van der Waals surface area contributed by atoms with E-state index in [-0.39, 0.29) is 31.6 Å². The standard InChI is InChI=1S/2C6H11NO2.Zn/c2*1-7-4-2-3-5(7)6(8)9;/h2*5H,2-4H2,1H3,(H,8,9);. The summed E-state index contributed by atoms with van der Waals surface area (Å²) in [6.07, 6.45) is 3.67. The van der Waals surface area contributed by atoms with E-state index < -0.39 is 11.9 Å². The van der Waals surface area contributed by atoms with Crippen LogP contribution in [0, 0.1) is 0 Å². The van der Waals surface area contributed by atoms with Crippen molar-refractivity contribution in [2.45, 2.75) is 37.8 Å². The largest absolute Gasteiger partial charge is 0.480 e. The topological polar surface area (TPSA) is 81.1 Å². The van der Waals surface area contributed by atoms with Crippen molar-refractivity contribution >= 4 is 11.9 Å². The molecule has 2 aliphatic heterocycles. The van der Waals surface area contributed by atoms with Crippen molar-refractivity contribution in [2.75, 3.05) is 27.2 Å². The molecule has 106 valence electrons. The maximum atomic E-state index is 10.4. The molecule has 2 heterocycles. The summed E-state index contributed by atoms with van der Waals surface area (Å²) in [5.41, 5.74) is 0. The molecule has 7 heteroatoms. The van der Waals surface area contributed by atoms with Crippen LogP contribution in [0.1, 0.15) is 25.7 Å². The first-order valence-electron chi connectivity index (χ1n) is 6.29. The fourth-order valence-corrected chi connectivity index (χ4v) is 2.44. The SMILES string of the molecule is CN1CCCC1C(=O)O.CN1CCCC1C(=O)O.[Zn]. The number of rotatable bonds is 2. The summed E-state index contributed by atoms with van der Waals surface area (Å²) in [6.45, 7) is 1.86. The third-order valence-electron chi connectivity index (χ3n) is 3.61. The molecule has 2 N–H and O–H groups in total. The van der Waals surface area contributed by atoms with Crippen LogP contribution in [0.5, 0.6) is 0 Å². The summed E-state index contributed by atoms with van der Waals surface area (Å²) in [5, 5.41) is 17.1. The van der Waals surface area contributed by atoms with E-state index in [1.165, 1.54) is 0 Å². The summed E-state index contributed by atoms with van der Waals surface area (Å²) in [4.78, 5) is 24.5. The van der Waals surface area contributed by atoms with Gasteiger partial charge in [0.15, 0.2) is 0 Å². The number of carbonyl (C=O) groups is 2. The smallest absolute Gasteiger partial charge is 0.320 e. The van der Waals surface area contributed by atoms with Crippen molar-refractivity contribution in [3.05, 3.63) is 0 Å². The van der Waals surface area contributed by atoms with Gasteiger partial charge in [0.1, 0.15) is 12.1 Å². The number of nitrogens with zero attached hydrogens (tertiary/aromatic N) is 2. The Labute approximate surface area is 126 Å². The normalized spacial score (nSPS) is 27.3. The van der Waals surface area contributed by atoms with E-state index in [9.17, 15) is 9.59 Å². The molecular weight excluding hydrogens is 302 g/mol. The number of aliphatic carboxylic acids is 2. The fourth-order valence-electron chi connectivity index (χ4n) is 2.44. The molecule has 2 atom stereocenters. The van der Waals surface area contributed by atoms with E-state index in [1.807, 2.05) is 23.9 Å². The average molecular weight is 324 g/mol. The maximum Gasteiger partial charge on any atom is 0.320 e. The Kier molecular flexibility index (Phi) is 8.38. The van der Waals surface area contributed by atoms with Gasteiger partial charge in [-0.15, -0.1) is 0 Å². The number of hydrogen-bond acceptors (Lipinski definition) is 4. The Morgan fingerprint density at radius 1 is 0.895 bits per heavy atom. The maximum absolute atomic E-state index is 10.4. The number of likely N-dealkylation sites (N-methyl/N-ethyl adjacent to an activating group) is 2. The van der Waals surface area contributed by atoms with Gasteiger partial charge in [0.2, 0.25) is 0 Å². The molecule has 0 amide bonds. The van der Waals surface area contributed by atoms with Gasteiger partial charge in [-0.25, -0.2) is 0 Å². The molecule has 0 saturated carbocycles. The molecule has 0 aliphatic carbocycles. The Morgan fingerprint density at radius 2 is 1.21 bits per heavy atom. The molecule has 0 radical (unpaired) electrons. The predicted octanol–water partition coefficient (Wildman–Crippen LogP) is 0.328. The molecule has 2 rings (SSSR count). The second kappa shape index (κ2) is 8.61. The first kappa shape index (κ1) is 18.5. The quantitative estimate of drug-likeness (QED) is 0.713. The third-order valence-corrected chi connectivity index (χ3v) is 3.61. The van der Waals surface area contributed by atoms with Gasteiger partial charge < -0.3 is 10.2 Å². The molecule has 0 aromatic carbocycles. The molecule has 0 spiro atoms. The van der Waals surface area contributed by atoms with Crippen LogP contribution in [0.25, 0.3) is 0 Å². The van der Waals surface area contributed by atoms with Gasteiger partial charge >= 0.3 is 11.9 Å². The Morgan fingerprint density at radius 3 is 1.32 bits per heavy atom. The monoisotopic (exact) mass is 322 g/mol. The number of likely N-dealkylation sites (tertiary alicyclic amines) is 2. The molecular formula is C12H22N2O4Zn. The molecule has 6 nitrogen and oxygen atoms in total. The van der Waals surface area contributed by atoms with Crippen molar-refractivity contribution in [3.63, 3.8) is 0 Å². The van der Waals surface area contributed by atoms with Crippen LogP contribution < -0.4 is 0 Å². The van der Waals surface area contributed by atoms with Crippen LogP contribution in [-0.2, 0) is 29.1 Å². The Balaban J connectivity index is 0.000000324. The minimum atomic E-state index is -0.685. The Hall–Kier alpha value is -0.517. The molecule has 0 bridgehead atoms. The van der Waals surface area contributed by atoms with Crippen LogP contribution >= 0.6 is 0 Å². The van der Waals surface area contributed by atoms with E-state index in [0.717, 1.165) is 38.8 Å². The van der Waals surface area contributed by atoms with Crippen LogP contribution in [-0.4, -0.2) is 71.2 Å². The minimum Gasteiger partial charge on any atom is -0.480 e. The van der Waals surface area contributed by atoms with Crippen LogP contribution in [0.2, 0.25) is 0 Å². The van der Waals surface area contributed by atoms with Crippen LogP contribution in [0.3, 0.4) is 0 Å². The van der Waals surface area contributed by atoms with Crippen LogP contribution in [0.4, 0.5) is 0 Å². The summed E-state index contributed by atoms with van der Waals surface area (Å²) in [7, 11) is 3.71. The second-order valence-electron chi connectivity index (χ2n) is 4.95. The van der Waals surface area contributed by atoms with Gasteiger partial charge in [-0.05, 0) is 52.9 Å². The zero-order valence-corrected chi connectivity index (χ0v) is 14.7. The number of hydrogen-bond donors (Lipinski definition) is 2. The number of carboxylic acids is 2. The third kappa shape index (κ3) is 5.55. The second-order valence-corrected chi connectivity index (χ2v) is 4.95. The van der Waals surface area contributed by atoms with Gasteiger partial charge in [0, 0.05) is 19.5 Å². The fraction of sp³-hybridized carbons (Fsp3) is 0.833. The molecule has 2 unspecified atom stereocenters. The molecule has 2 aliphatic rings. The summed E-state index contributed by atoms with van der Waals surface area (Å²) in [5.74, 6) is -1.37. The average Bonchev–Trinajstić information content (AvgIpc) is 2.87. The molecule has 2 fully saturated rings. The van der Waals surface area contributed by atoms with Crippen molar-refractivity contribution in [1.29, 1.82) is 0 Å².